The number of aromatic nitrogens is 2. The lowest BCUT2D eigenvalue weighted by Gasteiger charge is -2.31. The van der Waals surface area contributed by atoms with Crippen LogP contribution in [0.2, 0.25) is 10.0 Å². The fourth-order valence-corrected chi connectivity index (χ4v) is 6.97. The second kappa shape index (κ2) is 16.2. The number of halogens is 3. The summed E-state index contributed by atoms with van der Waals surface area (Å²) in [7, 11) is 1.57. The Labute approximate surface area is 301 Å². The van der Waals surface area contributed by atoms with Crippen molar-refractivity contribution in [1.29, 1.82) is 0 Å². The van der Waals surface area contributed by atoms with Crippen molar-refractivity contribution < 1.29 is 18.7 Å². The van der Waals surface area contributed by atoms with Crippen LogP contribution in [0.4, 0.5) is 15.8 Å². The minimum atomic E-state index is -0.371. The molecule has 4 N–H and O–H groups in total. The highest BCUT2D eigenvalue weighted by molar-refractivity contribution is 6.39. The van der Waals surface area contributed by atoms with Crippen molar-refractivity contribution in [2.24, 2.45) is 0 Å². The third-order valence-electron chi connectivity index (χ3n) is 9.21. The lowest BCUT2D eigenvalue weighted by atomic mass is 10.0. The van der Waals surface area contributed by atoms with Crippen molar-refractivity contribution in [3.8, 4) is 28.4 Å². The number of benzene rings is 2. The van der Waals surface area contributed by atoms with Crippen molar-refractivity contribution in [3.05, 3.63) is 87.8 Å². The van der Waals surface area contributed by atoms with Gasteiger partial charge in [0.05, 0.1) is 39.9 Å². The Morgan fingerprint density at radius 2 is 1.76 bits per heavy atom. The summed E-state index contributed by atoms with van der Waals surface area (Å²) >= 11 is 13.9. The van der Waals surface area contributed by atoms with E-state index in [1.54, 1.807) is 50.6 Å². The molecule has 10 nitrogen and oxygen atoms in total. The Balaban J connectivity index is 1.16. The predicted octanol–water partition coefficient (Wildman–Crippen LogP) is 6.48. The number of rotatable bonds is 12. The van der Waals surface area contributed by atoms with E-state index in [4.69, 9.17) is 32.9 Å². The van der Waals surface area contributed by atoms with Crippen LogP contribution in [0.25, 0.3) is 22.5 Å². The van der Waals surface area contributed by atoms with Crippen LogP contribution < -0.4 is 26.0 Å². The summed E-state index contributed by atoms with van der Waals surface area (Å²) in [6, 6.07) is 16.6. The number of likely N-dealkylation sites (tertiary alicyclic amines) is 1. The molecule has 0 bridgehead atoms. The molecule has 2 saturated heterocycles. The Morgan fingerprint density at radius 1 is 0.980 bits per heavy atom. The molecule has 4 aromatic rings. The molecule has 0 aliphatic carbocycles. The van der Waals surface area contributed by atoms with Gasteiger partial charge in [0.15, 0.2) is 5.82 Å². The molecule has 2 aromatic heterocycles. The average molecular weight is 721 g/mol. The van der Waals surface area contributed by atoms with E-state index in [0.29, 0.717) is 94.5 Å². The summed E-state index contributed by atoms with van der Waals surface area (Å²) in [6.45, 7) is 4.53. The quantitative estimate of drug-likeness (QED) is 0.131. The number of nitrogens with one attached hydrogen (secondary N) is 4. The van der Waals surface area contributed by atoms with E-state index in [1.807, 2.05) is 29.2 Å². The summed E-state index contributed by atoms with van der Waals surface area (Å²) in [5.74, 6) is 0.260. The number of methoxy groups -OCH3 is 1. The van der Waals surface area contributed by atoms with Gasteiger partial charge in [0.2, 0.25) is 17.7 Å². The molecule has 1 atom stereocenters. The molecular formula is C37H40Cl2FN7O3. The summed E-state index contributed by atoms with van der Waals surface area (Å²) in [6.07, 6.45) is 4.68. The second-order valence-corrected chi connectivity index (χ2v) is 13.3. The first kappa shape index (κ1) is 35.5. The zero-order valence-electron chi connectivity index (χ0n) is 28.0. The van der Waals surface area contributed by atoms with Crippen molar-refractivity contribution in [3.63, 3.8) is 0 Å². The molecule has 0 radical (unpaired) electrons. The van der Waals surface area contributed by atoms with Crippen LogP contribution >= 0.6 is 23.2 Å². The number of pyridine rings is 2. The molecule has 2 aliphatic heterocycles. The summed E-state index contributed by atoms with van der Waals surface area (Å²) in [4.78, 5) is 34.3. The van der Waals surface area contributed by atoms with E-state index in [0.717, 1.165) is 24.8 Å². The van der Waals surface area contributed by atoms with Gasteiger partial charge in [-0.2, -0.15) is 0 Å². The summed E-state index contributed by atoms with van der Waals surface area (Å²) in [5.41, 5.74) is 4.47. The van der Waals surface area contributed by atoms with E-state index in [9.17, 15) is 9.59 Å². The third-order valence-corrected chi connectivity index (χ3v) is 10.0. The van der Waals surface area contributed by atoms with Gasteiger partial charge in [-0.1, -0.05) is 53.5 Å². The molecule has 50 heavy (non-hydrogen) atoms. The molecule has 2 aliphatic rings. The standard InChI is InChI=1S/C37H40Cl2FN7O3/c1-22(48)47-17-14-25(15-18-47)43-20-23-5-3-8-31(35(23)40)45-30-7-4-6-28(33(30)38)36-34(39)27(13-16-42-36)29-11-9-24(37(46-29)50-2)19-41-21-26-10-12-32(49)44-26/h3-9,11,13,16,25-26,41,43,45H,10,12,14-15,17-21H2,1-2H3,(H,44,49)/t26-/m1/s1. The number of carbonyl (C=O) groups is 2. The highest BCUT2D eigenvalue weighted by Gasteiger charge is 2.23. The van der Waals surface area contributed by atoms with Crippen LogP contribution in [0.3, 0.4) is 0 Å². The van der Waals surface area contributed by atoms with E-state index in [1.165, 1.54) is 0 Å². The molecule has 0 spiro atoms. The summed E-state index contributed by atoms with van der Waals surface area (Å²) < 4.78 is 21.3. The van der Waals surface area contributed by atoms with Crippen LogP contribution in [0.1, 0.15) is 43.7 Å². The summed E-state index contributed by atoms with van der Waals surface area (Å²) in [5, 5.41) is 13.6. The van der Waals surface area contributed by atoms with Crippen LogP contribution in [-0.4, -0.2) is 65.5 Å². The van der Waals surface area contributed by atoms with Gasteiger partial charge in [-0.15, -0.1) is 0 Å². The smallest absolute Gasteiger partial charge is 0.220 e. The van der Waals surface area contributed by atoms with Gasteiger partial charge in [-0.05, 0) is 43.5 Å². The van der Waals surface area contributed by atoms with Gasteiger partial charge in [-0.25, -0.2) is 9.37 Å². The number of piperidine rings is 1. The van der Waals surface area contributed by atoms with Gasteiger partial charge in [-0.3, -0.25) is 14.6 Å². The van der Waals surface area contributed by atoms with Gasteiger partial charge in [0.1, 0.15) is 0 Å². The maximum Gasteiger partial charge on any atom is 0.220 e. The third kappa shape index (κ3) is 8.18. The fraction of sp³-hybridized carbons (Fsp3) is 0.351. The number of anilines is 2. The SMILES string of the molecule is COc1nc(-c2ccnc(-c3cccc(Nc4cccc(CNC5CCN(C(C)=O)CC5)c4F)c3Cl)c2Cl)ccc1CNC[C@H]1CCC(=O)N1. The molecule has 0 saturated carbocycles. The van der Waals surface area contributed by atoms with Gasteiger partial charge in [0.25, 0.3) is 0 Å². The second-order valence-electron chi connectivity index (χ2n) is 12.6. The van der Waals surface area contributed by atoms with Gasteiger partial charge < -0.3 is 30.9 Å². The molecule has 2 aromatic carbocycles. The first-order valence-electron chi connectivity index (χ1n) is 16.7. The lowest BCUT2D eigenvalue weighted by molar-refractivity contribution is -0.130. The van der Waals surface area contributed by atoms with E-state index < -0.39 is 0 Å². The Morgan fingerprint density at radius 3 is 2.50 bits per heavy atom. The molecule has 4 heterocycles. The maximum atomic E-state index is 15.7. The minimum absolute atomic E-state index is 0.0846. The molecule has 2 amide bonds. The average Bonchev–Trinajstić information content (AvgIpc) is 3.54. The molecule has 6 rings (SSSR count). The Bertz CT molecular complexity index is 1870. The van der Waals surface area contributed by atoms with E-state index >= 15 is 4.39 Å². The van der Waals surface area contributed by atoms with Crippen molar-refractivity contribution >= 4 is 46.4 Å². The molecule has 0 unspecified atom stereocenters. The Hall–Kier alpha value is -4.29. The van der Waals surface area contributed by atoms with E-state index in [-0.39, 0.29) is 29.7 Å². The Kier molecular flexibility index (Phi) is 11.5. The molecule has 262 valence electrons. The van der Waals surface area contributed by atoms with E-state index in [2.05, 4.69) is 26.3 Å². The lowest BCUT2D eigenvalue weighted by Crippen LogP contribution is -2.44. The first-order chi connectivity index (χ1) is 24.2. The number of amides is 2. The minimum Gasteiger partial charge on any atom is -0.481 e. The first-order valence-corrected chi connectivity index (χ1v) is 17.5. The van der Waals surface area contributed by atoms with Crippen LogP contribution in [0, 0.1) is 5.82 Å². The van der Waals surface area contributed by atoms with Crippen LogP contribution in [0.15, 0.2) is 60.8 Å². The highest BCUT2D eigenvalue weighted by atomic mass is 35.5. The number of carbonyl (C=O) groups excluding carboxylic acids is 2. The fourth-order valence-electron chi connectivity index (χ4n) is 6.39. The number of hydrogen-bond donors (Lipinski definition) is 4. The molecular weight excluding hydrogens is 680 g/mol. The molecule has 13 heteroatoms. The van der Waals surface area contributed by atoms with Crippen molar-refractivity contribution in [2.75, 3.05) is 32.1 Å². The topological polar surface area (TPSA) is 121 Å². The number of ether oxygens (including phenoxy) is 1. The van der Waals surface area contributed by atoms with Gasteiger partial charge >= 0.3 is 0 Å². The maximum absolute atomic E-state index is 15.7. The number of hydrogen-bond acceptors (Lipinski definition) is 8. The normalized spacial score (nSPS) is 16.4. The van der Waals surface area contributed by atoms with Crippen LogP contribution in [0.5, 0.6) is 5.88 Å². The predicted molar refractivity (Wildman–Crippen MR) is 194 cm³/mol. The van der Waals surface area contributed by atoms with Gasteiger partial charge in [0, 0.05) is 86.6 Å². The van der Waals surface area contributed by atoms with Crippen molar-refractivity contribution in [2.45, 2.75) is 57.8 Å². The largest absolute Gasteiger partial charge is 0.481 e. The highest BCUT2D eigenvalue weighted by Crippen LogP contribution is 2.41. The van der Waals surface area contributed by atoms with Crippen molar-refractivity contribution in [1.82, 2.24) is 30.8 Å². The zero-order chi connectivity index (χ0) is 35.2. The molecule has 2 fully saturated rings. The monoisotopic (exact) mass is 719 g/mol. The zero-order valence-corrected chi connectivity index (χ0v) is 29.5. The van der Waals surface area contributed by atoms with Crippen LogP contribution in [-0.2, 0) is 22.7 Å². The number of nitrogens with zero attached hydrogens (tertiary/aromatic N) is 3.